The SMILES string of the molecule is COCc1cccc(S(=O)(=O)N2CCC(OCCCN)CC2)c1. The van der Waals surface area contributed by atoms with Crippen LogP contribution < -0.4 is 5.73 Å². The summed E-state index contributed by atoms with van der Waals surface area (Å²) in [5.74, 6) is 0. The predicted octanol–water partition coefficient (Wildman–Crippen LogP) is 1.35. The molecule has 1 aliphatic heterocycles. The minimum Gasteiger partial charge on any atom is -0.380 e. The number of methoxy groups -OCH3 is 1. The number of nitrogens with two attached hydrogens (primary N) is 1. The second-order valence-corrected chi connectivity index (χ2v) is 7.63. The van der Waals surface area contributed by atoms with Crippen LogP contribution in [0.15, 0.2) is 29.2 Å². The molecule has 0 bridgehead atoms. The highest BCUT2D eigenvalue weighted by molar-refractivity contribution is 7.89. The zero-order valence-corrected chi connectivity index (χ0v) is 14.4. The highest BCUT2D eigenvalue weighted by atomic mass is 32.2. The molecular weight excluding hydrogens is 316 g/mol. The van der Waals surface area contributed by atoms with Gasteiger partial charge in [-0.1, -0.05) is 12.1 Å². The lowest BCUT2D eigenvalue weighted by Crippen LogP contribution is -2.41. The van der Waals surface area contributed by atoms with Gasteiger partial charge in [-0.15, -0.1) is 0 Å². The van der Waals surface area contributed by atoms with E-state index in [1.807, 2.05) is 6.07 Å². The Morgan fingerprint density at radius 3 is 2.70 bits per heavy atom. The van der Waals surface area contributed by atoms with Gasteiger partial charge in [-0.05, 0) is 43.5 Å². The Balaban J connectivity index is 1.97. The molecule has 23 heavy (non-hydrogen) atoms. The molecule has 2 rings (SSSR count). The van der Waals surface area contributed by atoms with E-state index in [9.17, 15) is 8.42 Å². The van der Waals surface area contributed by atoms with Gasteiger partial charge in [0.15, 0.2) is 0 Å². The van der Waals surface area contributed by atoms with Crippen molar-refractivity contribution in [2.24, 2.45) is 5.73 Å². The summed E-state index contributed by atoms with van der Waals surface area (Å²) >= 11 is 0. The molecule has 0 aliphatic carbocycles. The van der Waals surface area contributed by atoms with Gasteiger partial charge in [-0.2, -0.15) is 4.31 Å². The molecule has 1 saturated heterocycles. The van der Waals surface area contributed by atoms with Gasteiger partial charge in [0, 0.05) is 26.8 Å². The minimum absolute atomic E-state index is 0.132. The number of hydrogen-bond donors (Lipinski definition) is 1. The molecule has 0 atom stereocenters. The Labute approximate surface area is 138 Å². The number of hydrogen-bond acceptors (Lipinski definition) is 5. The van der Waals surface area contributed by atoms with E-state index in [2.05, 4.69) is 0 Å². The summed E-state index contributed by atoms with van der Waals surface area (Å²) in [5.41, 5.74) is 6.30. The summed E-state index contributed by atoms with van der Waals surface area (Å²) in [7, 11) is -1.86. The van der Waals surface area contributed by atoms with Crippen LogP contribution in [-0.2, 0) is 26.1 Å². The third kappa shape index (κ3) is 4.99. The van der Waals surface area contributed by atoms with Crippen LogP contribution in [0.2, 0.25) is 0 Å². The van der Waals surface area contributed by atoms with Crippen LogP contribution in [0.1, 0.15) is 24.8 Å². The maximum absolute atomic E-state index is 12.7. The zero-order chi connectivity index (χ0) is 16.7. The summed E-state index contributed by atoms with van der Waals surface area (Å²) < 4.78 is 37.8. The standard InChI is InChI=1S/C16H26N2O4S/c1-21-13-14-4-2-5-16(12-14)23(19,20)18-9-6-15(7-10-18)22-11-3-8-17/h2,4-5,12,15H,3,6-11,13,17H2,1H3. The molecule has 0 radical (unpaired) electrons. The second kappa shape index (κ2) is 8.75. The smallest absolute Gasteiger partial charge is 0.243 e. The first-order chi connectivity index (χ1) is 11.1. The Bertz CT molecular complexity index is 583. The van der Waals surface area contributed by atoms with Gasteiger partial charge in [0.25, 0.3) is 0 Å². The monoisotopic (exact) mass is 342 g/mol. The van der Waals surface area contributed by atoms with Crippen LogP contribution in [0.5, 0.6) is 0 Å². The van der Waals surface area contributed by atoms with E-state index >= 15 is 0 Å². The molecule has 0 spiro atoms. The van der Waals surface area contributed by atoms with Crippen molar-refractivity contribution in [3.05, 3.63) is 29.8 Å². The molecule has 0 amide bonds. The Kier molecular flexibility index (Phi) is 6.98. The molecule has 1 aromatic carbocycles. The Hall–Kier alpha value is -0.990. The largest absolute Gasteiger partial charge is 0.380 e. The number of ether oxygens (including phenoxy) is 2. The number of sulfonamides is 1. The molecule has 1 aliphatic rings. The fourth-order valence-corrected chi connectivity index (χ4v) is 4.22. The highest BCUT2D eigenvalue weighted by Crippen LogP contribution is 2.23. The summed E-state index contributed by atoms with van der Waals surface area (Å²) in [6.45, 7) is 2.65. The molecular formula is C16H26N2O4S. The normalized spacial score (nSPS) is 17.5. The van der Waals surface area contributed by atoms with E-state index in [4.69, 9.17) is 15.2 Å². The lowest BCUT2D eigenvalue weighted by atomic mass is 10.1. The Morgan fingerprint density at radius 1 is 1.30 bits per heavy atom. The van der Waals surface area contributed by atoms with E-state index in [1.54, 1.807) is 29.6 Å². The molecule has 1 fully saturated rings. The number of piperidine rings is 1. The average Bonchev–Trinajstić information content (AvgIpc) is 2.56. The summed E-state index contributed by atoms with van der Waals surface area (Å²) in [6.07, 6.45) is 2.42. The molecule has 0 saturated carbocycles. The van der Waals surface area contributed by atoms with E-state index in [-0.39, 0.29) is 6.10 Å². The maximum Gasteiger partial charge on any atom is 0.243 e. The molecule has 1 heterocycles. The number of rotatable bonds is 8. The van der Waals surface area contributed by atoms with Gasteiger partial charge >= 0.3 is 0 Å². The van der Waals surface area contributed by atoms with Gasteiger partial charge in [0.1, 0.15) is 0 Å². The molecule has 130 valence electrons. The van der Waals surface area contributed by atoms with Crippen molar-refractivity contribution in [2.75, 3.05) is 33.4 Å². The molecule has 7 heteroatoms. The molecule has 6 nitrogen and oxygen atoms in total. The quantitative estimate of drug-likeness (QED) is 0.721. The topological polar surface area (TPSA) is 81.9 Å². The molecule has 1 aromatic rings. The van der Waals surface area contributed by atoms with Crippen molar-refractivity contribution in [2.45, 2.75) is 36.9 Å². The van der Waals surface area contributed by atoms with Crippen molar-refractivity contribution in [1.29, 1.82) is 0 Å². The van der Waals surface area contributed by atoms with E-state index < -0.39 is 10.0 Å². The van der Waals surface area contributed by atoms with Gasteiger partial charge in [0.2, 0.25) is 10.0 Å². The van der Waals surface area contributed by atoms with Crippen LogP contribution in [0.25, 0.3) is 0 Å². The van der Waals surface area contributed by atoms with Gasteiger partial charge in [-0.25, -0.2) is 8.42 Å². The fraction of sp³-hybridized carbons (Fsp3) is 0.625. The molecule has 2 N–H and O–H groups in total. The van der Waals surface area contributed by atoms with Crippen LogP contribution >= 0.6 is 0 Å². The van der Waals surface area contributed by atoms with E-state index in [0.717, 1.165) is 24.8 Å². The first-order valence-electron chi connectivity index (χ1n) is 7.97. The van der Waals surface area contributed by atoms with Crippen LogP contribution in [0.3, 0.4) is 0 Å². The van der Waals surface area contributed by atoms with Gasteiger partial charge in [-0.3, -0.25) is 0 Å². The predicted molar refractivity (Wildman–Crippen MR) is 88.6 cm³/mol. The Morgan fingerprint density at radius 2 is 2.04 bits per heavy atom. The highest BCUT2D eigenvalue weighted by Gasteiger charge is 2.29. The number of nitrogens with zero attached hydrogens (tertiary/aromatic N) is 1. The lowest BCUT2D eigenvalue weighted by molar-refractivity contribution is 0.0209. The number of benzene rings is 1. The van der Waals surface area contributed by atoms with Gasteiger partial charge in [0.05, 0.1) is 17.6 Å². The van der Waals surface area contributed by atoms with E-state index in [1.165, 1.54) is 0 Å². The third-order valence-electron chi connectivity index (χ3n) is 3.95. The summed E-state index contributed by atoms with van der Waals surface area (Å²) in [6, 6.07) is 6.94. The third-order valence-corrected chi connectivity index (χ3v) is 5.84. The first-order valence-corrected chi connectivity index (χ1v) is 9.41. The van der Waals surface area contributed by atoms with Crippen molar-refractivity contribution in [3.8, 4) is 0 Å². The average molecular weight is 342 g/mol. The van der Waals surface area contributed by atoms with Crippen LogP contribution in [0.4, 0.5) is 0 Å². The lowest BCUT2D eigenvalue weighted by Gasteiger charge is -2.31. The van der Waals surface area contributed by atoms with Gasteiger partial charge < -0.3 is 15.2 Å². The maximum atomic E-state index is 12.7. The first kappa shape index (κ1) is 18.4. The van der Waals surface area contributed by atoms with Crippen LogP contribution in [-0.4, -0.2) is 52.2 Å². The minimum atomic E-state index is -3.45. The summed E-state index contributed by atoms with van der Waals surface area (Å²) in [5, 5.41) is 0. The van der Waals surface area contributed by atoms with Crippen molar-refractivity contribution in [1.82, 2.24) is 4.31 Å². The molecule has 0 aromatic heterocycles. The van der Waals surface area contributed by atoms with Crippen molar-refractivity contribution in [3.63, 3.8) is 0 Å². The van der Waals surface area contributed by atoms with Crippen molar-refractivity contribution < 1.29 is 17.9 Å². The zero-order valence-electron chi connectivity index (χ0n) is 13.6. The van der Waals surface area contributed by atoms with Crippen LogP contribution in [0, 0.1) is 0 Å². The second-order valence-electron chi connectivity index (χ2n) is 5.70. The van der Waals surface area contributed by atoms with E-state index in [0.29, 0.717) is 37.7 Å². The van der Waals surface area contributed by atoms with Crippen molar-refractivity contribution >= 4 is 10.0 Å². The summed E-state index contributed by atoms with van der Waals surface area (Å²) in [4.78, 5) is 0.328. The fourth-order valence-electron chi connectivity index (χ4n) is 2.68. The molecule has 0 unspecified atom stereocenters.